The van der Waals surface area contributed by atoms with Gasteiger partial charge in [0.2, 0.25) is 5.91 Å². The summed E-state index contributed by atoms with van der Waals surface area (Å²) < 4.78 is 36.7. The first-order valence-corrected chi connectivity index (χ1v) is 13.7. The number of rotatable bonds is 8. The van der Waals surface area contributed by atoms with Crippen molar-refractivity contribution in [3.63, 3.8) is 0 Å². The third-order valence-electron chi connectivity index (χ3n) is 5.31. The number of fused-ring (bicyclic) bond motifs is 1. The molecular weight excluding hydrogens is 498 g/mol. The fourth-order valence-corrected chi connectivity index (χ4v) is 5.88. The minimum atomic E-state index is -4.04. The number of benzene rings is 1. The van der Waals surface area contributed by atoms with Crippen LogP contribution in [0.15, 0.2) is 23.2 Å². The van der Waals surface area contributed by atoms with Crippen molar-refractivity contribution in [1.29, 1.82) is 0 Å². The Balaban J connectivity index is 1.88. The monoisotopic (exact) mass is 525 g/mol. The molecule has 11 nitrogen and oxygen atoms in total. The first-order valence-electron chi connectivity index (χ1n) is 11.1. The molecule has 0 unspecified atom stereocenters. The molecule has 0 atom stereocenters. The van der Waals surface area contributed by atoms with Crippen LogP contribution in [0.5, 0.6) is 0 Å². The predicted octanol–water partition coefficient (Wildman–Crippen LogP) is 0.907. The third-order valence-corrected chi connectivity index (χ3v) is 7.73. The average Bonchev–Trinajstić information content (AvgIpc) is 3.14. The number of thiazole rings is 1. The van der Waals surface area contributed by atoms with Crippen molar-refractivity contribution in [2.45, 2.75) is 32.7 Å². The van der Waals surface area contributed by atoms with Crippen LogP contribution in [0.1, 0.15) is 36.5 Å². The summed E-state index contributed by atoms with van der Waals surface area (Å²) in [7, 11) is -2.79. The number of likely N-dealkylation sites (tertiary alicyclic amines) is 1. The van der Waals surface area contributed by atoms with Gasteiger partial charge in [-0.3, -0.25) is 14.4 Å². The largest absolute Gasteiger partial charge is 0.465 e. The Morgan fingerprint density at radius 1 is 1.09 bits per heavy atom. The van der Waals surface area contributed by atoms with Crippen molar-refractivity contribution >= 4 is 55.1 Å². The maximum atomic E-state index is 12.6. The van der Waals surface area contributed by atoms with E-state index in [4.69, 9.17) is 9.47 Å². The molecule has 0 saturated carbocycles. The molecule has 1 aromatic carbocycles. The number of carbonyl (C=O) groups is 4. The number of piperidine rings is 1. The summed E-state index contributed by atoms with van der Waals surface area (Å²) in [6, 6.07) is 4.62. The summed E-state index contributed by atoms with van der Waals surface area (Å²) in [6.07, 6.45) is 2.64. The number of methoxy groups -OCH3 is 1. The Morgan fingerprint density at radius 3 is 2.46 bits per heavy atom. The standard InChI is InChI=1S/C22H27N3O8S2/c1-3-33-20(28)12-25-16-8-7-15(21(29)32-2)11-17(16)34-22(25)23-18(26)13-35(30,31)14-19(27)24-9-5-4-6-10-24/h7-8,11H,3-6,9-10,12-14H2,1-2H3. The van der Waals surface area contributed by atoms with Crippen molar-refractivity contribution in [1.82, 2.24) is 9.47 Å². The average molecular weight is 526 g/mol. The highest BCUT2D eigenvalue weighted by Gasteiger charge is 2.25. The normalized spacial score (nSPS) is 14.7. The zero-order valence-electron chi connectivity index (χ0n) is 19.5. The molecule has 0 N–H and O–H groups in total. The molecule has 0 radical (unpaired) electrons. The van der Waals surface area contributed by atoms with E-state index in [0.717, 1.165) is 30.6 Å². The molecule has 2 aromatic rings. The summed E-state index contributed by atoms with van der Waals surface area (Å²) in [5, 5.41) is 0. The molecule has 1 saturated heterocycles. The van der Waals surface area contributed by atoms with E-state index in [0.29, 0.717) is 23.3 Å². The molecule has 2 amide bonds. The molecule has 0 bridgehead atoms. The lowest BCUT2D eigenvalue weighted by Gasteiger charge is -2.26. The molecule has 35 heavy (non-hydrogen) atoms. The SMILES string of the molecule is CCOC(=O)Cn1c(=NC(=O)CS(=O)(=O)CC(=O)N2CCCCC2)sc2cc(C(=O)OC)ccc21. The fraction of sp³-hybridized carbons (Fsp3) is 0.500. The molecule has 2 heterocycles. The first kappa shape index (κ1) is 26.5. The Bertz CT molecular complexity index is 1300. The van der Waals surface area contributed by atoms with Gasteiger partial charge in [-0.25, -0.2) is 13.2 Å². The number of hydrogen-bond donors (Lipinski definition) is 0. The summed E-state index contributed by atoms with van der Waals surface area (Å²) in [4.78, 5) is 54.4. The maximum absolute atomic E-state index is 12.6. The summed E-state index contributed by atoms with van der Waals surface area (Å²) in [5.41, 5.74) is 0.770. The number of nitrogens with zero attached hydrogens (tertiary/aromatic N) is 3. The molecule has 1 aliphatic rings. The Labute approximate surface area is 206 Å². The molecule has 0 spiro atoms. The van der Waals surface area contributed by atoms with Crippen molar-refractivity contribution in [3.8, 4) is 0 Å². The molecular formula is C22H27N3O8S2. The quantitative estimate of drug-likeness (QED) is 0.463. The second-order valence-corrected chi connectivity index (χ2v) is 11.0. The van der Waals surface area contributed by atoms with Gasteiger partial charge in [-0.05, 0) is 44.4 Å². The van der Waals surface area contributed by atoms with Gasteiger partial charge in [0, 0.05) is 13.1 Å². The number of ether oxygens (including phenoxy) is 2. The van der Waals surface area contributed by atoms with E-state index < -0.39 is 45.1 Å². The number of carbonyl (C=O) groups excluding carboxylic acids is 4. The third kappa shape index (κ3) is 6.98. The zero-order chi connectivity index (χ0) is 25.6. The highest BCUT2D eigenvalue weighted by molar-refractivity contribution is 7.92. The van der Waals surface area contributed by atoms with E-state index in [-0.39, 0.29) is 23.5 Å². The topological polar surface area (TPSA) is 141 Å². The van der Waals surface area contributed by atoms with Crippen LogP contribution in [-0.2, 0) is 40.2 Å². The maximum Gasteiger partial charge on any atom is 0.337 e. The summed E-state index contributed by atoms with van der Waals surface area (Å²) >= 11 is 1.01. The first-order chi connectivity index (χ1) is 16.6. The molecule has 13 heteroatoms. The molecule has 190 valence electrons. The number of amides is 2. The molecule has 3 rings (SSSR count). The van der Waals surface area contributed by atoms with E-state index in [1.54, 1.807) is 13.0 Å². The second-order valence-electron chi connectivity index (χ2n) is 7.93. The second kappa shape index (κ2) is 11.6. The smallest absolute Gasteiger partial charge is 0.337 e. The molecule has 1 aromatic heterocycles. The van der Waals surface area contributed by atoms with Gasteiger partial charge in [0.25, 0.3) is 5.91 Å². The van der Waals surface area contributed by atoms with E-state index in [1.807, 2.05) is 0 Å². The predicted molar refractivity (Wildman–Crippen MR) is 127 cm³/mol. The summed E-state index contributed by atoms with van der Waals surface area (Å²) in [5.74, 6) is -4.31. The minimum absolute atomic E-state index is 0.0672. The number of esters is 2. The molecule has 0 aliphatic carbocycles. The van der Waals surface area contributed by atoms with Crippen molar-refractivity contribution < 1.29 is 37.1 Å². The zero-order valence-corrected chi connectivity index (χ0v) is 21.2. The lowest BCUT2D eigenvalue weighted by Crippen LogP contribution is -2.40. The van der Waals surface area contributed by atoms with E-state index in [9.17, 15) is 27.6 Å². The van der Waals surface area contributed by atoms with Crippen LogP contribution in [0, 0.1) is 0 Å². The highest BCUT2D eigenvalue weighted by Crippen LogP contribution is 2.20. The minimum Gasteiger partial charge on any atom is -0.465 e. The van der Waals surface area contributed by atoms with Gasteiger partial charge in [-0.1, -0.05) is 11.3 Å². The van der Waals surface area contributed by atoms with Gasteiger partial charge in [0.05, 0.1) is 29.5 Å². The van der Waals surface area contributed by atoms with Gasteiger partial charge >= 0.3 is 11.9 Å². The fourth-order valence-electron chi connectivity index (χ4n) is 3.69. The van der Waals surface area contributed by atoms with Crippen LogP contribution in [0.4, 0.5) is 0 Å². The van der Waals surface area contributed by atoms with Gasteiger partial charge in [0.1, 0.15) is 18.1 Å². The van der Waals surface area contributed by atoms with Gasteiger partial charge in [-0.2, -0.15) is 4.99 Å². The Morgan fingerprint density at radius 2 is 1.80 bits per heavy atom. The van der Waals surface area contributed by atoms with Crippen LogP contribution in [0.2, 0.25) is 0 Å². The molecule has 1 fully saturated rings. The van der Waals surface area contributed by atoms with Crippen LogP contribution >= 0.6 is 11.3 Å². The Kier molecular flexibility index (Phi) is 8.78. The van der Waals surface area contributed by atoms with Gasteiger partial charge in [-0.15, -0.1) is 0 Å². The van der Waals surface area contributed by atoms with Crippen molar-refractivity contribution in [2.24, 2.45) is 4.99 Å². The lowest BCUT2D eigenvalue weighted by molar-refractivity contribution is -0.143. The number of aromatic nitrogens is 1. The van der Waals surface area contributed by atoms with E-state index in [1.165, 1.54) is 28.7 Å². The van der Waals surface area contributed by atoms with Crippen LogP contribution < -0.4 is 4.80 Å². The highest BCUT2D eigenvalue weighted by atomic mass is 32.2. The van der Waals surface area contributed by atoms with Gasteiger partial charge in [0.15, 0.2) is 14.6 Å². The van der Waals surface area contributed by atoms with E-state index >= 15 is 0 Å². The Hall–Kier alpha value is -3.06. The number of hydrogen-bond acceptors (Lipinski definition) is 9. The van der Waals surface area contributed by atoms with Crippen LogP contribution in [0.25, 0.3) is 10.2 Å². The van der Waals surface area contributed by atoms with E-state index in [2.05, 4.69) is 4.99 Å². The van der Waals surface area contributed by atoms with Gasteiger partial charge < -0.3 is 18.9 Å². The molecule has 1 aliphatic heterocycles. The van der Waals surface area contributed by atoms with Crippen molar-refractivity contribution in [2.75, 3.05) is 38.3 Å². The number of sulfone groups is 1. The lowest BCUT2D eigenvalue weighted by atomic mass is 10.1. The van der Waals surface area contributed by atoms with Crippen molar-refractivity contribution in [3.05, 3.63) is 28.6 Å². The van der Waals surface area contributed by atoms with Crippen LogP contribution in [-0.4, -0.2) is 79.9 Å². The summed E-state index contributed by atoms with van der Waals surface area (Å²) in [6.45, 7) is 2.56. The van der Waals surface area contributed by atoms with Crippen LogP contribution in [0.3, 0.4) is 0 Å².